The van der Waals surface area contributed by atoms with Crippen LogP contribution in [0, 0.1) is 29.4 Å². The molecule has 1 aromatic rings. The molecule has 0 atom stereocenters. The van der Waals surface area contributed by atoms with Crippen molar-refractivity contribution in [1.29, 1.82) is 0 Å². The summed E-state index contributed by atoms with van der Waals surface area (Å²) in [6.45, 7) is 0.556. The summed E-state index contributed by atoms with van der Waals surface area (Å²) in [6, 6.07) is 2.34. The van der Waals surface area contributed by atoms with Gasteiger partial charge < -0.3 is 4.74 Å². The topological polar surface area (TPSA) is 9.23 Å². The van der Waals surface area contributed by atoms with Gasteiger partial charge in [0.15, 0.2) is 17.4 Å². The van der Waals surface area contributed by atoms with E-state index in [9.17, 15) is 17.6 Å². The Morgan fingerprint density at radius 2 is 1.31 bits per heavy atom. The van der Waals surface area contributed by atoms with E-state index in [0.29, 0.717) is 11.5 Å². The lowest BCUT2D eigenvalue weighted by atomic mass is 9.74. The normalized spacial score (nSPS) is 26.3. The van der Waals surface area contributed by atoms with Crippen molar-refractivity contribution in [3.63, 3.8) is 0 Å². The maximum Gasteiger partial charge on any atom is 0.387 e. The Morgan fingerprint density at radius 3 is 1.81 bits per heavy atom. The first-order valence-electron chi connectivity index (χ1n) is 12.5. The van der Waals surface area contributed by atoms with Crippen molar-refractivity contribution in [2.24, 2.45) is 17.8 Å². The van der Waals surface area contributed by atoms with Crippen LogP contribution in [0.1, 0.15) is 101 Å². The van der Waals surface area contributed by atoms with E-state index in [4.69, 9.17) is 0 Å². The maximum atomic E-state index is 14.1. The molecule has 0 saturated heterocycles. The van der Waals surface area contributed by atoms with Crippen molar-refractivity contribution in [2.45, 2.75) is 102 Å². The Bertz CT molecular complexity index is 681. The third kappa shape index (κ3) is 7.52. The Kier molecular flexibility index (Phi) is 9.92. The van der Waals surface area contributed by atoms with Crippen molar-refractivity contribution in [3.8, 4) is 5.75 Å². The fourth-order valence-corrected chi connectivity index (χ4v) is 5.80. The Morgan fingerprint density at radius 1 is 0.812 bits per heavy atom. The second kappa shape index (κ2) is 12.6. The molecule has 2 aliphatic carbocycles. The molecule has 0 spiro atoms. The van der Waals surface area contributed by atoms with Gasteiger partial charge >= 0.3 is 6.61 Å². The predicted octanol–water partition coefficient (Wildman–Crippen LogP) is 9.17. The number of ether oxygens (including phenoxy) is 1. The van der Waals surface area contributed by atoms with Crippen LogP contribution in [0.15, 0.2) is 24.8 Å². The molecule has 0 bridgehead atoms. The van der Waals surface area contributed by atoms with E-state index in [2.05, 4.69) is 11.3 Å². The van der Waals surface area contributed by atoms with Gasteiger partial charge in [-0.25, -0.2) is 8.78 Å². The molecule has 0 unspecified atom stereocenters. The molecular weight excluding hydrogens is 416 g/mol. The lowest BCUT2D eigenvalue weighted by molar-refractivity contribution is -0.0546. The first-order chi connectivity index (χ1) is 15.5. The van der Waals surface area contributed by atoms with Gasteiger partial charge in [-0.15, -0.1) is 6.58 Å². The standard InChI is InChI=1S/C27H38F4O/c1-2-3-4-5-6-19-7-9-20(10-8-19)11-12-21-13-15-22(16-14-21)23-17-24(28)26(25(29)18-23)32-27(30)31/h2,17-22,27H,1,3-16H2/t19-,20-,21-,22-. The highest BCUT2D eigenvalue weighted by Gasteiger charge is 2.27. The summed E-state index contributed by atoms with van der Waals surface area (Å²) in [5.41, 5.74) is 0.562. The molecule has 180 valence electrons. The van der Waals surface area contributed by atoms with E-state index in [-0.39, 0.29) is 5.92 Å². The number of allylic oxidation sites excluding steroid dienone is 1. The summed E-state index contributed by atoms with van der Waals surface area (Å²) < 4.78 is 56.7. The molecule has 2 fully saturated rings. The average molecular weight is 455 g/mol. The molecule has 1 nitrogen and oxygen atoms in total. The molecule has 5 heteroatoms. The second-order valence-corrected chi connectivity index (χ2v) is 9.95. The molecule has 2 saturated carbocycles. The highest BCUT2D eigenvalue weighted by Crippen LogP contribution is 2.41. The molecule has 1 aromatic carbocycles. The summed E-state index contributed by atoms with van der Waals surface area (Å²) in [6.07, 6.45) is 19.1. The van der Waals surface area contributed by atoms with Gasteiger partial charge in [0.1, 0.15) is 0 Å². The van der Waals surface area contributed by atoms with Crippen LogP contribution in [0.4, 0.5) is 17.6 Å². The van der Waals surface area contributed by atoms with Gasteiger partial charge in [-0.3, -0.25) is 0 Å². The third-order valence-electron chi connectivity index (χ3n) is 7.77. The van der Waals surface area contributed by atoms with Crippen LogP contribution < -0.4 is 4.74 Å². The van der Waals surface area contributed by atoms with Gasteiger partial charge in [0.25, 0.3) is 0 Å². The van der Waals surface area contributed by atoms with Crippen molar-refractivity contribution in [1.82, 2.24) is 0 Å². The number of alkyl halides is 2. The molecule has 32 heavy (non-hydrogen) atoms. The van der Waals surface area contributed by atoms with E-state index in [1.54, 1.807) is 0 Å². The van der Waals surface area contributed by atoms with Crippen LogP contribution in [0.3, 0.4) is 0 Å². The minimum absolute atomic E-state index is 0.0902. The molecule has 0 heterocycles. The van der Waals surface area contributed by atoms with Gasteiger partial charge in [-0.2, -0.15) is 8.78 Å². The fraction of sp³-hybridized carbons (Fsp3) is 0.704. The number of rotatable bonds is 11. The van der Waals surface area contributed by atoms with Crippen molar-refractivity contribution in [2.75, 3.05) is 0 Å². The zero-order valence-corrected chi connectivity index (χ0v) is 19.1. The fourth-order valence-electron chi connectivity index (χ4n) is 5.80. The van der Waals surface area contributed by atoms with Crippen LogP contribution in [0.2, 0.25) is 0 Å². The minimum atomic E-state index is -3.24. The maximum absolute atomic E-state index is 14.1. The number of benzene rings is 1. The number of halogens is 4. The summed E-state index contributed by atoms with van der Waals surface area (Å²) in [4.78, 5) is 0. The van der Waals surface area contributed by atoms with Crippen molar-refractivity contribution >= 4 is 0 Å². The van der Waals surface area contributed by atoms with E-state index in [0.717, 1.165) is 43.9 Å². The van der Waals surface area contributed by atoms with Gasteiger partial charge in [0, 0.05) is 0 Å². The molecule has 0 aromatic heterocycles. The first kappa shape index (κ1) is 25.1. The van der Waals surface area contributed by atoms with Crippen LogP contribution in [0.25, 0.3) is 0 Å². The van der Waals surface area contributed by atoms with Crippen molar-refractivity contribution < 1.29 is 22.3 Å². The number of hydrogen-bond acceptors (Lipinski definition) is 1. The smallest absolute Gasteiger partial charge is 0.387 e. The monoisotopic (exact) mass is 454 g/mol. The zero-order valence-electron chi connectivity index (χ0n) is 19.1. The largest absolute Gasteiger partial charge is 0.429 e. The van der Waals surface area contributed by atoms with Gasteiger partial charge in [0.2, 0.25) is 0 Å². The van der Waals surface area contributed by atoms with E-state index in [1.807, 2.05) is 6.08 Å². The van der Waals surface area contributed by atoms with Crippen LogP contribution in [-0.4, -0.2) is 6.61 Å². The lowest BCUT2D eigenvalue weighted by Crippen LogP contribution is -2.18. The molecule has 2 aliphatic rings. The Labute approximate surface area is 190 Å². The highest BCUT2D eigenvalue weighted by molar-refractivity contribution is 5.33. The lowest BCUT2D eigenvalue weighted by Gasteiger charge is -2.32. The summed E-state index contributed by atoms with van der Waals surface area (Å²) in [5, 5.41) is 0. The number of hydrogen-bond donors (Lipinski definition) is 0. The molecule has 3 rings (SSSR count). The van der Waals surface area contributed by atoms with Gasteiger partial charge in [-0.1, -0.05) is 57.4 Å². The molecular formula is C27H38F4O. The summed E-state index contributed by atoms with van der Waals surface area (Å²) >= 11 is 0. The van der Waals surface area contributed by atoms with Crippen LogP contribution >= 0.6 is 0 Å². The van der Waals surface area contributed by atoms with E-state index in [1.165, 1.54) is 69.9 Å². The Balaban J connectivity index is 1.36. The molecule has 0 aliphatic heterocycles. The molecule has 0 amide bonds. The van der Waals surface area contributed by atoms with Crippen molar-refractivity contribution in [3.05, 3.63) is 42.0 Å². The van der Waals surface area contributed by atoms with E-state index >= 15 is 0 Å². The minimum Gasteiger partial charge on any atom is -0.429 e. The van der Waals surface area contributed by atoms with Crippen LogP contribution in [-0.2, 0) is 0 Å². The number of unbranched alkanes of at least 4 members (excludes halogenated alkanes) is 2. The molecule has 0 N–H and O–H groups in total. The first-order valence-corrected chi connectivity index (χ1v) is 12.5. The molecule has 0 radical (unpaired) electrons. The van der Waals surface area contributed by atoms with Gasteiger partial charge in [-0.05, 0) is 79.9 Å². The summed E-state index contributed by atoms with van der Waals surface area (Å²) in [7, 11) is 0. The zero-order chi connectivity index (χ0) is 22.9. The quantitative estimate of drug-likeness (QED) is 0.184. The highest BCUT2D eigenvalue weighted by atomic mass is 19.3. The van der Waals surface area contributed by atoms with Gasteiger partial charge in [0.05, 0.1) is 0 Å². The second-order valence-electron chi connectivity index (χ2n) is 9.95. The predicted molar refractivity (Wildman–Crippen MR) is 121 cm³/mol. The Hall–Kier alpha value is -1.52. The van der Waals surface area contributed by atoms with E-state index < -0.39 is 24.0 Å². The SMILES string of the molecule is C=CCCCC[C@H]1CC[C@H](CC[C@H]2CC[C@H](c3cc(F)c(OC(F)F)c(F)c3)CC2)CC1. The summed E-state index contributed by atoms with van der Waals surface area (Å²) in [5.74, 6) is -0.500. The average Bonchev–Trinajstić information content (AvgIpc) is 2.78. The third-order valence-corrected chi connectivity index (χ3v) is 7.77. The van der Waals surface area contributed by atoms with Crippen LogP contribution in [0.5, 0.6) is 5.75 Å².